The van der Waals surface area contributed by atoms with Crippen molar-refractivity contribution in [3.63, 3.8) is 0 Å². The summed E-state index contributed by atoms with van der Waals surface area (Å²) in [6.07, 6.45) is -1.83. The lowest BCUT2D eigenvalue weighted by Gasteiger charge is -2.25. The summed E-state index contributed by atoms with van der Waals surface area (Å²) in [4.78, 5) is 24.4. The Bertz CT molecular complexity index is 260. The van der Waals surface area contributed by atoms with Crippen LogP contribution in [-0.4, -0.2) is 23.8 Å². The molecule has 0 rings (SSSR count). The summed E-state index contributed by atoms with van der Waals surface area (Å²) in [7, 11) is 0. The SMILES string of the molecule is CC(C)[C@H](OC(=O)NCl)C(=O)OC(C)(C)C. The van der Waals surface area contributed by atoms with Gasteiger partial charge in [0.1, 0.15) is 5.60 Å². The molecule has 0 saturated heterocycles. The molecule has 1 amide bonds. The third kappa shape index (κ3) is 5.80. The first-order valence-corrected chi connectivity index (χ1v) is 5.35. The van der Waals surface area contributed by atoms with E-state index in [2.05, 4.69) is 0 Å². The summed E-state index contributed by atoms with van der Waals surface area (Å²) in [5, 5.41) is 0. The minimum absolute atomic E-state index is 0.191. The zero-order chi connectivity index (χ0) is 12.9. The van der Waals surface area contributed by atoms with Crippen molar-refractivity contribution in [2.24, 2.45) is 5.92 Å². The van der Waals surface area contributed by atoms with Crippen LogP contribution < -0.4 is 4.84 Å². The summed E-state index contributed by atoms with van der Waals surface area (Å²) in [5.41, 5.74) is -0.620. The number of carbonyl (C=O) groups is 2. The quantitative estimate of drug-likeness (QED) is 0.617. The summed E-state index contributed by atoms with van der Waals surface area (Å²) in [6, 6.07) is 0. The van der Waals surface area contributed by atoms with E-state index < -0.39 is 23.8 Å². The first-order valence-electron chi connectivity index (χ1n) is 4.97. The molecule has 16 heavy (non-hydrogen) atoms. The fourth-order valence-corrected chi connectivity index (χ4v) is 0.998. The van der Waals surface area contributed by atoms with E-state index in [9.17, 15) is 9.59 Å². The van der Waals surface area contributed by atoms with Gasteiger partial charge in [-0.3, -0.25) is 0 Å². The van der Waals surface area contributed by atoms with E-state index in [1.54, 1.807) is 39.5 Å². The van der Waals surface area contributed by atoms with Gasteiger partial charge in [-0.2, -0.15) is 0 Å². The van der Waals surface area contributed by atoms with Gasteiger partial charge >= 0.3 is 12.1 Å². The standard InChI is InChI=1S/C10H18ClNO4/c1-6(2)7(15-9(14)12-11)8(13)16-10(3,4)5/h6-7H,1-5H3,(H,12,14)/t7-/m0/s1. The fraction of sp³-hybridized carbons (Fsp3) is 0.800. The third-order valence-electron chi connectivity index (χ3n) is 1.56. The predicted molar refractivity (Wildman–Crippen MR) is 59.9 cm³/mol. The maximum Gasteiger partial charge on any atom is 0.422 e. The van der Waals surface area contributed by atoms with Crippen molar-refractivity contribution in [1.29, 1.82) is 0 Å². The molecule has 6 heteroatoms. The van der Waals surface area contributed by atoms with Gasteiger partial charge in [0.05, 0.1) is 0 Å². The van der Waals surface area contributed by atoms with E-state index in [0.29, 0.717) is 0 Å². The second kappa shape index (κ2) is 5.94. The van der Waals surface area contributed by atoms with Crippen molar-refractivity contribution >= 4 is 23.8 Å². The summed E-state index contributed by atoms with van der Waals surface area (Å²) >= 11 is 5.06. The Hall–Kier alpha value is -0.970. The molecular weight excluding hydrogens is 234 g/mol. The number of rotatable bonds is 3. The minimum atomic E-state index is -0.960. The number of carbonyl (C=O) groups excluding carboxylic acids is 2. The number of ether oxygens (including phenoxy) is 2. The van der Waals surface area contributed by atoms with E-state index in [1.165, 1.54) is 0 Å². The molecule has 0 aromatic carbocycles. The van der Waals surface area contributed by atoms with Gasteiger partial charge in [-0.25, -0.2) is 14.4 Å². The molecule has 5 nitrogen and oxygen atoms in total. The Kier molecular flexibility index (Phi) is 5.58. The lowest BCUT2D eigenvalue weighted by atomic mass is 10.1. The van der Waals surface area contributed by atoms with Crippen molar-refractivity contribution in [2.75, 3.05) is 0 Å². The van der Waals surface area contributed by atoms with Crippen molar-refractivity contribution < 1.29 is 19.1 Å². The van der Waals surface area contributed by atoms with Gasteiger partial charge in [0, 0.05) is 17.7 Å². The molecule has 0 aliphatic carbocycles. The Morgan fingerprint density at radius 2 is 1.75 bits per heavy atom. The summed E-state index contributed by atoms with van der Waals surface area (Å²) < 4.78 is 9.93. The molecule has 0 heterocycles. The van der Waals surface area contributed by atoms with Crippen molar-refractivity contribution in [2.45, 2.75) is 46.3 Å². The Morgan fingerprint density at radius 1 is 1.25 bits per heavy atom. The van der Waals surface area contributed by atoms with Gasteiger partial charge in [-0.1, -0.05) is 13.8 Å². The van der Waals surface area contributed by atoms with Gasteiger partial charge < -0.3 is 9.47 Å². The molecular formula is C10H18ClNO4. The predicted octanol–water partition coefficient (Wildman–Crippen LogP) is 2.23. The van der Waals surface area contributed by atoms with Gasteiger partial charge in [0.2, 0.25) is 6.10 Å². The number of nitrogens with one attached hydrogen (secondary N) is 1. The Balaban J connectivity index is 4.54. The van der Waals surface area contributed by atoms with Crippen LogP contribution >= 0.6 is 11.8 Å². The maximum absolute atomic E-state index is 11.7. The van der Waals surface area contributed by atoms with Crippen molar-refractivity contribution in [1.82, 2.24) is 4.84 Å². The van der Waals surface area contributed by atoms with Gasteiger partial charge in [-0.15, -0.1) is 0 Å². The normalized spacial score (nSPS) is 13.2. The largest absolute Gasteiger partial charge is 0.457 e. The zero-order valence-electron chi connectivity index (χ0n) is 10.2. The minimum Gasteiger partial charge on any atom is -0.457 e. The molecule has 94 valence electrons. The van der Waals surface area contributed by atoms with E-state index in [1.807, 2.05) is 0 Å². The maximum atomic E-state index is 11.7. The van der Waals surface area contributed by atoms with E-state index in [-0.39, 0.29) is 5.92 Å². The number of hydrogen-bond acceptors (Lipinski definition) is 4. The molecule has 0 aliphatic rings. The van der Waals surface area contributed by atoms with Crippen LogP contribution in [0.5, 0.6) is 0 Å². The molecule has 1 atom stereocenters. The van der Waals surface area contributed by atoms with Crippen LogP contribution in [0.4, 0.5) is 4.79 Å². The Morgan fingerprint density at radius 3 is 2.06 bits per heavy atom. The monoisotopic (exact) mass is 251 g/mol. The second-order valence-electron chi connectivity index (χ2n) is 4.70. The highest BCUT2D eigenvalue weighted by Gasteiger charge is 2.30. The molecule has 0 aliphatic heterocycles. The molecule has 1 N–H and O–H groups in total. The molecule has 0 aromatic rings. The van der Waals surface area contributed by atoms with Gasteiger partial charge in [0.15, 0.2) is 0 Å². The van der Waals surface area contributed by atoms with Crippen molar-refractivity contribution in [3.05, 3.63) is 0 Å². The van der Waals surface area contributed by atoms with Crippen molar-refractivity contribution in [3.8, 4) is 0 Å². The van der Waals surface area contributed by atoms with Gasteiger partial charge in [0.25, 0.3) is 0 Å². The molecule has 0 radical (unpaired) electrons. The van der Waals surface area contributed by atoms with Crippen LogP contribution in [0.2, 0.25) is 0 Å². The van der Waals surface area contributed by atoms with Crippen LogP contribution in [0.3, 0.4) is 0 Å². The third-order valence-corrected chi connectivity index (χ3v) is 1.71. The smallest absolute Gasteiger partial charge is 0.422 e. The van der Waals surface area contributed by atoms with Crippen LogP contribution in [-0.2, 0) is 14.3 Å². The summed E-state index contributed by atoms with van der Waals surface area (Å²) in [5.74, 6) is -0.772. The highest BCUT2D eigenvalue weighted by atomic mass is 35.5. The molecule has 0 spiro atoms. The topological polar surface area (TPSA) is 64.6 Å². The zero-order valence-corrected chi connectivity index (χ0v) is 10.9. The van der Waals surface area contributed by atoms with E-state index in [0.717, 1.165) is 0 Å². The lowest BCUT2D eigenvalue weighted by molar-refractivity contribution is -0.167. The lowest BCUT2D eigenvalue weighted by Crippen LogP contribution is -2.39. The first kappa shape index (κ1) is 15.0. The van der Waals surface area contributed by atoms with Crippen LogP contribution in [0.25, 0.3) is 0 Å². The molecule has 0 unspecified atom stereocenters. The number of esters is 1. The first-order chi connectivity index (χ1) is 7.17. The second-order valence-corrected chi connectivity index (χ2v) is 4.89. The molecule has 0 saturated carbocycles. The number of amides is 1. The van der Waals surface area contributed by atoms with E-state index >= 15 is 0 Å². The average Bonchev–Trinajstić information content (AvgIpc) is 2.09. The highest BCUT2D eigenvalue weighted by Crippen LogP contribution is 2.15. The Labute approximate surface area is 101 Å². The number of hydrogen-bond donors (Lipinski definition) is 1. The van der Waals surface area contributed by atoms with E-state index in [4.69, 9.17) is 21.3 Å². The fourth-order valence-electron chi connectivity index (χ4n) is 0.954. The average molecular weight is 252 g/mol. The van der Waals surface area contributed by atoms with Gasteiger partial charge in [-0.05, 0) is 20.8 Å². The van der Waals surface area contributed by atoms with Crippen LogP contribution in [0.1, 0.15) is 34.6 Å². The highest BCUT2D eigenvalue weighted by molar-refractivity contribution is 6.20. The molecule has 0 bridgehead atoms. The van der Waals surface area contributed by atoms with Crippen LogP contribution in [0, 0.1) is 5.92 Å². The van der Waals surface area contributed by atoms with Crippen LogP contribution in [0.15, 0.2) is 0 Å². The molecule has 0 aromatic heterocycles. The number of halogens is 1. The summed E-state index contributed by atoms with van der Waals surface area (Å²) in [6.45, 7) is 8.71. The molecule has 0 fully saturated rings.